The zero-order valence-corrected chi connectivity index (χ0v) is 13.1. The van der Waals surface area contributed by atoms with E-state index in [1.165, 1.54) is 0 Å². The quantitative estimate of drug-likeness (QED) is 0.860. The minimum absolute atomic E-state index is 0.116. The van der Waals surface area contributed by atoms with Gasteiger partial charge in [0.2, 0.25) is 0 Å². The van der Waals surface area contributed by atoms with Crippen LogP contribution in [-0.2, 0) is 0 Å². The third-order valence-electron chi connectivity index (χ3n) is 4.84. The van der Waals surface area contributed by atoms with Crippen LogP contribution < -0.4 is 10.4 Å². The van der Waals surface area contributed by atoms with Crippen molar-refractivity contribution in [2.75, 3.05) is 5.32 Å². The Kier molecular flexibility index (Phi) is 3.38. The van der Waals surface area contributed by atoms with Gasteiger partial charge in [-0.1, -0.05) is 48.0 Å². The highest BCUT2D eigenvalue weighted by Crippen LogP contribution is 2.50. The number of carboxylic acid groups (broad SMARTS) is 1. The summed E-state index contributed by atoms with van der Waals surface area (Å²) in [4.78, 5) is 11.1. The number of anilines is 1. The van der Waals surface area contributed by atoms with Gasteiger partial charge in [0.25, 0.3) is 0 Å². The summed E-state index contributed by atoms with van der Waals surface area (Å²) in [6.07, 6.45) is 5.29. The van der Waals surface area contributed by atoms with Gasteiger partial charge in [0.15, 0.2) is 0 Å². The molecule has 1 aliphatic carbocycles. The van der Waals surface area contributed by atoms with Crippen molar-refractivity contribution in [2.45, 2.75) is 18.4 Å². The molecule has 2 aromatic rings. The van der Waals surface area contributed by atoms with Crippen LogP contribution in [0.1, 0.15) is 39.9 Å². The first-order valence-corrected chi connectivity index (χ1v) is 8.06. The highest BCUT2D eigenvalue weighted by Gasteiger charge is 2.38. The van der Waals surface area contributed by atoms with Gasteiger partial charge in [0, 0.05) is 16.6 Å². The normalized spacial score (nSPS) is 24.7. The molecule has 0 radical (unpaired) electrons. The van der Waals surface area contributed by atoms with Gasteiger partial charge < -0.3 is 15.2 Å². The van der Waals surface area contributed by atoms with E-state index in [1.54, 1.807) is 12.1 Å². The van der Waals surface area contributed by atoms with Crippen LogP contribution >= 0.6 is 11.6 Å². The van der Waals surface area contributed by atoms with Gasteiger partial charge in [0.1, 0.15) is 0 Å². The first-order chi connectivity index (χ1) is 11.1. The fraction of sp³-hybridized carbons (Fsp3) is 0.211. The minimum atomic E-state index is -1.14. The van der Waals surface area contributed by atoms with E-state index < -0.39 is 5.97 Å². The lowest BCUT2D eigenvalue weighted by Gasteiger charge is -2.38. The molecule has 0 bridgehead atoms. The van der Waals surface area contributed by atoms with Gasteiger partial charge in [-0.25, -0.2) is 0 Å². The summed E-state index contributed by atoms with van der Waals surface area (Å²) in [5.41, 5.74) is 3.30. The summed E-state index contributed by atoms with van der Waals surface area (Å²) in [7, 11) is 0. The van der Waals surface area contributed by atoms with E-state index in [9.17, 15) is 9.90 Å². The lowest BCUT2D eigenvalue weighted by Crippen LogP contribution is -2.30. The second kappa shape index (κ2) is 5.43. The Labute approximate surface area is 139 Å². The molecule has 1 aliphatic heterocycles. The molecule has 1 N–H and O–H groups in total. The molecule has 2 aromatic carbocycles. The molecular weight excluding hydrogens is 310 g/mol. The number of halogens is 1. The Bertz CT molecular complexity index is 815. The lowest BCUT2D eigenvalue weighted by molar-refractivity contribution is -0.255. The summed E-state index contributed by atoms with van der Waals surface area (Å²) in [5, 5.41) is 15.5. The number of hydrogen-bond donors (Lipinski definition) is 1. The molecule has 4 heteroatoms. The van der Waals surface area contributed by atoms with Gasteiger partial charge in [0.05, 0.1) is 12.0 Å². The van der Waals surface area contributed by atoms with Crippen LogP contribution in [-0.4, -0.2) is 5.97 Å². The number of benzene rings is 2. The predicted octanol–water partition coefficient (Wildman–Crippen LogP) is 3.53. The van der Waals surface area contributed by atoms with Crippen molar-refractivity contribution in [2.24, 2.45) is 5.92 Å². The number of carbonyl (C=O) groups is 1. The number of carboxylic acids is 1. The summed E-state index contributed by atoms with van der Waals surface area (Å²) >= 11 is 6.40. The number of hydrogen-bond acceptors (Lipinski definition) is 3. The van der Waals surface area contributed by atoms with Crippen LogP contribution in [0.2, 0.25) is 5.02 Å². The smallest absolute Gasteiger partial charge is 0.0715 e. The van der Waals surface area contributed by atoms with Gasteiger partial charge >= 0.3 is 0 Å². The molecule has 0 spiro atoms. The SMILES string of the molecule is O=C([O-])c1ccc2c(c1)[C@H]1C=CC[C@@H]1[C@H](c1ccccc1Cl)N2. The van der Waals surface area contributed by atoms with Crippen molar-refractivity contribution >= 4 is 23.3 Å². The largest absolute Gasteiger partial charge is 0.545 e. The second-order valence-corrected chi connectivity index (χ2v) is 6.49. The molecule has 0 saturated heterocycles. The number of allylic oxidation sites excluding steroid dienone is 2. The van der Waals surface area contributed by atoms with Crippen LogP contribution in [0.5, 0.6) is 0 Å². The summed E-state index contributed by atoms with van der Waals surface area (Å²) < 4.78 is 0. The Balaban J connectivity index is 1.81. The van der Waals surface area contributed by atoms with Crippen LogP contribution in [0.4, 0.5) is 5.69 Å². The standard InChI is InChI=1S/C19H16ClNO2/c20-16-7-2-1-4-14(16)18-13-6-3-5-12(13)15-10-11(19(22)23)8-9-17(15)21-18/h1-5,7-10,12-13,18,21H,6H2,(H,22,23)/p-1/t12-,13-,18+/m0/s1. The van der Waals surface area contributed by atoms with E-state index in [0.29, 0.717) is 5.92 Å². The average molecular weight is 325 g/mol. The van der Waals surface area contributed by atoms with Crippen molar-refractivity contribution in [3.05, 3.63) is 76.3 Å². The number of fused-ring (bicyclic) bond motifs is 3. The zero-order chi connectivity index (χ0) is 16.0. The first kappa shape index (κ1) is 14.3. The van der Waals surface area contributed by atoms with Crippen molar-refractivity contribution in [3.8, 4) is 0 Å². The first-order valence-electron chi connectivity index (χ1n) is 7.68. The molecule has 0 amide bonds. The Morgan fingerprint density at radius 2 is 2.00 bits per heavy atom. The highest BCUT2D eigenvalue weighted by atomic mass is 35.5. The predicted molar refractivity (Wildman–Crippen MR) is 88.6 cm³/mol. The van der Waals surface area contributed by atoms with Crippen molar-refractivity contribution < 1.29 is 9.90 Å². The molecule has 3 nitrogen and oxygen atoms in total. The van der Waals surface area contributed by atoms with Gasteiger partial charge in [-0.05, 0) is 47.2 Å². The summed E-state index contributed by atoms with van der Waals surface area (Å²) in [5.74, 6) is -0.606. The van der Waals surface area contributed by atoms with Crippen LogP contribution in [0.3, 0.4) is 0 Å². The number of rotatable bonds is 2. The number of aromatic carboxylic acids is 1. The monoisotopic (exact) mass is 324 g/mol. The van der Waals surface area contributed by atoms with E-state index >= 15 is 0 Å². The Hall–Kier alpha value is -2.26. The maximum atomic E-state index is 11.1. The molecule has 0 fully saturated rings. The van der Waals surface area contributed by atoms with Crippen LogP contribution in [0.25, 0.3) is 0 Å². The van der Waals surface area contributed by atoms with Crippen molar-refractivity contribution in [1.82, 2.24) is 0 Å². The molecule has 4 rings (SSSR count). The van der Waals surface area contributed by atoms with Crippen molar-refractivity contribution in [3.63, 3.8) is 0 Å². The van der Waals surface area contributed by atoms with E-state index in [0.717, 1.165) is 28.3 Å². The summed E-state index contributed by atoms with van der Waals surface area (Å²) in [6, 6.07) is 13.1. The molecule has 1 heterocycles. The second-order valence-electron chi connectivity index (χ2n) is 6.09. The fourth-order valence-corrected chi connectivity index (χ4v) is 4.01. The number of carbonyl (C=O) groups excluding carboxylic acids is 1. The van der Waals surface area contributed by atoms with Gasteiger partial charge in [-0.2, -0.15) is 0 Å². The third kappa shape index (κ3) is 2.32. The molecular formula is C19H15ClNO2-. The van der Waals surface area contributed by atoms with E-state index in [-0.39, 0.29) is 17.5 Å². The minimum Gasteiger partial charge on any atom is -0.545 e. The maximum Gasteiger partial charge on any atom is 0.0715 e. The van der Waals surface area contributed by atoms with Crippen molar-refractivity contribution in [1.29, 1.82) is 0 Å². The third-order valence-corrected chi connectivity index (χ3v) is 5.18. The fourth-order valence-electron chi connectivity index (χ4n) is 3.76. The van der Waals surface area contributed by atoms with E-state index in [2.05, 4.69) is 23.5 Å². The molecule has 116 valence electrons. The molecule has 3 atom stereocenters. The Morgan fingerprint density at radius 1 is 1.17 bits per heavy atom. The Morgan fingerprint density at radius 3 is 2.78 bits per heavy atom. The van der Waals surface area contributed by atoms with Gasteiger partial charge in [-0.3, -0.25) is 0 Å². The lowest BCUT2D eigenvalue weighted by atomic mass is 9.76. The zero-order valence-electron chi connectivity index (χ0n) is 12.3. The van der Waals surface area contributed by atoms with Gasteiger partial charge in [-0.15, -0.1) is 0 Å². The molecule has 23 heavy (non-hydrogen) atoms. The summed E-state index contributed by atoms with van der Waals surface area (Å²) in [6.45, 7) is 0. The average Bonchev–Trinajstić information content (AvgIpc) is 3.04. The number of nitrogens with one attached hydrogen (secondary N) is 1. The molecule has 0 unspecified atom stereocenters. The van der Waals surface area contributed by atoms with E-state index in [1.807, 2.05) is 24.3 Å². The van der Waals surface area contributed by atoms with Crippen LogP contribution in [0.15, 0.2) is 54.6 Å². The maximum absolute atomic E-state index is 11.1. The molecule has 0 aromatic heterocycles. The highest BCUT2D eigenvalue weighted by molar-refractivity contribution is 6.31. The van der Waals surface area contributed by atoms with E-state index in [4.69, 9.17) is 11.6 Å². The van der Waals surface area contributed by atoms with Crippen LogP contribution in [0, 0.1) is 5.92 Å². The topological polar surface area (TPSA) is 52.2 Å². The molecule has 2 aliphatic rings. The molecule has 0 saturated carbocycles.